The Balaban J connectivity index is 1.58. The lowest BCUT2D eigenvalue weighted by molar-refractivity contribution is -0.122. The molecule has 8 nitrogen and oxygen atoms in total. The van der Waals surface area contributed by atoms with E-state index >= 15 is 0 Å². The number of carbonyl (C=O) groups is 2. The lowest BCUT2D eigenvalue weighted by Gasteiger charge is -2.30. The Morgan fingerprint density at radius 2 is 1.84 bits per heavy atom. The Morgan fingerprint density at radius 3 is 2.50 bits per heavy atom. The van der Waals surface area contributed by atoms with E-state index in [9.17, 15) is 18.0 Å². The van der Waals surface area contributed by atoms with Gasteiger partial charge in [-0.15, -0.1) is 11.8 Å². The van der Waals surface area contributed by atoms with Crippen LogP contribution in [-0.2, 0) is 19.4 Å². The minimum absolute atomic E-state index is 0.0352. The van der Waals surface area contributed by atoms with Crippen LogP contribution in [0.25, 0.3) is 0 Å². The first-order valence-corrected chi connectivity index (χ1v) is 12.6. The van der Waals surface area contributed by atoms with Gasteiger partial charge in [0.05, 0.1) is 23.4 Å². The quantitative estimate of drug-likeness (QED) is 0.560. The molecule has 2 amide bonds. The summed E-state index contributed by atoms with van der Waals surface area (Å²) in [6.07, 6.45) is 0. The second kappa shape index (κ2) is 9.93. The SMILES string of the molecule is COc1ccc(C)cc1NC(=O)CSC1NCC(S(=O)(=O)c2ccc(C)cc2C)C(=O)N1. The fourth-order valence-corrected chi connectivity index (χ4v) is 6.01. The van der Waals surface area contributed by atoms with Crippen LogP contribution in [-0.4, -0.2) is 50.4 Å². The van der Waals surface area contributed by atoms with Crippen LogP contribution in [0, 0.1) is 20.8 Å². The smallest absolute Gasteiger partial charge is 0.241 e. The lowest BCUT2D eigenvalue weighted by atomic mass is 10.2. The number of hydrogen-bond acceptors (Lipinski definition) is 7. The standard InChI is InChI=1S/C22H27N3O5S2/c1-13-6-8-18(15(3)9-13)32(28,29)19-11-23-22(25-21(19)27)31-12-20(26)24-16-10-14(2)5-7-17(16)30-4/h5-10,19,22-23H,11-12H2,1-4H3,(H,24,26)(H,25,27). The molecule has 2 aromatic rings. The molecule has 0 saturated carbocycles. The van der Waals surface area contributed by atoms with Crippen LogP contribution in [0.15, 0.2) is 41.3 Å². The zero-order chi connectivity index (χ0) is 23.5. The molecule has 10 heteroatoms. The molecule has 0 aliphatic carbocycles. The van der Waals surface area contributed by atoms with Crippen molar-refractivity contribution in [2.45, 2.75) is 36.4 Å². The summed E-state index contributed by atoms with van der Waals surface area (Å²) in [7, 11) is -2.32. The average molecular weight is 478 g/mol. The van der Waals surface area contributed by atoms with Crippen molar-refractivity contribution in [3.8, 4) is 5.75 Å². The molecule has 32 heavy (non-hydrogen) atoms. The highest BCUT2D eigenvalue weighted by molar-refractivity contribution is 8.00. The number of rotatable bonds is 7. The molecule has 2 aromatic carbocycles. The van der Waals surface area contributed by atoms with Gasteiger partial charge < -0.3 is 15.4 Å². The van der Waals surface area contributed by atoms with E-state index in [0.717, 1.165) is 11.1 Å². The van der Waals surface area contributed by atoms with Crippen molar-refractivity contribution in [3.63, 3.8) is 0 Å². The number of nitrogens with one attached hydrogen (secondary N) is 3. The van der Waals surface area contributed by atoms with Crippen molar-refractivity contribution in [1.82, 2.24) is 10.6 Å². The molecule has 1 saturated heterocycles. The van der Waals surface area contributed by atoms with E-state index in [1.54, 1.807) is 25.1 Å². The van der Waals surface area contributed by atoms with Crippen LogP contribution in [0.1, 0.15) is 16.7 Å². The van der Waals surface area contributed by atoms with Crippen molar-refractivity contribution in [3.05, 3.63) is 53.1 Å². The summed E-state index contributed by atoms with van der Waals surface area (Å²) in [6, 6.07) is 10.5. The molecule has 0 aromatic heterocycles. The Bertz CT molecular complexity index is 1130. The highest BCUT2D eigenvalue weighted by Gasteiger charge is 2.39. The van der Waals surface area contributed by atoms with E-state index in [0.29, 0.717) is 17.0 Å². The van der Waals surface area contributed by atoms with E-state index in [4.69, 9.17) is 4.74 Å². The van der Waals surface area contributed by atoms with Gasteiger partial charge in [-0.2, -0.15) is 0 Å². The van der Waals surface area contributed by atoms with Crippen molar-refractivity contribution in [2.75, 3.05) is 24.7 Å². The number of anilines is 1. The summed E-state index contributed by atoms with van der Waals surface area (Å²) in [4.78, 5) is 25.1. The van der Waals surface area contributed by atoms with Gasteiger partial charge in [0, 0.05) is 6.54 Å². The molecular weight excluding hydrogens is 450 g/mol. The van der Waals surface area contributed by atoms with Crippen LogP contribution >= 0.6 is 11.8 Å². The number of carbonyl (C=O) groups excluding carboxylic acids is 2. The second-order valence-corrected chi connectivity index (χ2v) is 10.9. The van der Waals surface area contributed by atoms with Gasteiger partial charge in [-0.3, -0.25) is 14.9 Å². The van der Waals surface area contributed by atoms with E-state index < -0.39 is 26.5 Å². The van der Waals surface area contributed by atoms with Crippen LogP contribution < -0.4 is 20.7 Å². The Hall–Kier alpha value is -2.56. The maximum absolute atomic E-state index is 13.0. The van der Waals surface area contributed by atoms with Crippen LogP contribution in [0.3, 0.4) is 0 Å². The number of amides is 2. The maximum atomic E-state index is 13.0. The molecule has 2 atom stereocenters. The number of benzene rings is 2. The van der Waals surface area contributed by atoms with Gasteiger partial charge in [0.2, 0.25) is 11.8 Å². The van der Waals surface area contributed by atoms with Gasteiger partial charge >= 0.3 is 0 Å². The van der Waals surface area contributed by atoms with Gasteiger partial charge in [0.1, 0.15) is 11.2 Å². The minimum Gasteiger partial charge on any atom is -0.495 e. The summed E-state index contributed by atoms with van der Waals surface area (Å²) in [5, 5.41) is 7.22. The summed E-state index contributed by atoms with van der Waals surface area (Å²) >= 11 is 1.17. The predicted octanol–water partition coefficient (Wildman–Crippen LogP) is 2.14. The van der Waals surface area contributed by atoms with Crippen molar-refractivity contribution in [2.24, 2.45) is 0 Å². The molecule has 2 unspecified atom stereocenters. The van der Waals surface area contributed by atoms with E-state index in [1.165, 1.54) is 24.9 Å². The summed E-state index contributed by atoms with van der Waals surface area (Å²) in [5.74, 6) is -0.233. The van der Waals surface area contributed by atoms with Gasteiger partial charge in [-0.25, -0.2) is 8.42 Å². The van der Waals surface area contributed by atoms with Gasteiger partial charge in [-0.05, 0) is 50.1 Å². The lowest BCUT2D eigenvalue weighted by Crippen LogP contribution is -2.59. The Labute approximate surface area is 192 Å². The molecule has 3 rings (SSSR count). The van der Waals surface area contributed by atoms with Crippen LogP contribution in [0.5, 0.6) is 5.75 Å². The maximum Gasteiger partial charge on any atom is 0.241 e. The zero-order valence-corrected chi connectivity index (χ0v) is 20.0. The highest BCUT2D eigenvalue weighted by Crippen LogP contribution is 2.26. The first-order chi connectivity index (χ1) is 15.1. The number of aryl methyl sites for hydroxylation is 3. The number of hydrogen-bond donors (Lipinski definition) is 3. The van der Waals surface area contributed by atoms with Crippen LogP contribution in [0.4, 0.5) is 5.69 Å². The first-order valence-electron chi connectivity index (χ1n) is 10.0. The highest BCUT2D eigenvalue weighted by atomic mass is 32.2. The third-order valence-corrected chi connectivity index (χ3v) is 8.32. The van der Waals surface area contributed by atoms with Gasteiger partial charge in [0.25, 0.3) is 0 Å². The molecule has 1 heterocycles. The molecule has 0 radical (unpaired) electrons. The summed E-state index contributed by atoms with van der Waals surface area (Å²) < 4.78 is 31.3. The molecular formula is C22H27N3O5S2. The van der Waals surface area contributed by atoms with E-state index in [1.807, 2.05) is 26.0 Å². The number of thioether (sulfide) groups is 1. The monoisotopic (exact) mass is 477 g/mol. The number of methoxy groups -OCH3 is 1. The van der Waals surface area contributed by atoms with E-state index in [2.05, 4.69) is 16.0 Å². The fourth-order valence-electron chi connectivity index (χ4n) is 3.47. The van der Waals surface area contributed by atoms with Gasteiger partial charge in [0.15, 0.2) is 15.1 Å². The van der Waals surface area contributed by atoms with Crippen LogP contribution in [0.2, 0.25) is 0 Å². The van der Waals surface area contributed by atoms with Crippen molar-refractivity contribution in [1.29, 1.82) is 0 Å². The molecule has 172 valence electrons. The number of sulfone groups is 1. The summed E-state index contributed by atoms with van der Waals surface area (Å²) in [5.41, 5.74) is 2.53. The first kappa shape index (κ1) is 24.1. The minimum atomic E-state index is -3.84. The summed E-state index contributed by atoms with van der Waals surface area (Å²) in [6.45, 7) is 5.47. The molecule has 1 fully saturated rings. The zero-order valence-electron chi connectivity index (χ0n) is 18.4. The Kier molecular flexibility index (Phi) is 7.47. The largest absolute Gasteiger partial charge is 0.495 e. The van der Waals surface area contributed by atoms with Crippen molar-refractivity contribution < 1.29 is 22.7 Å². The molecule has 0 spiro atoms. The third-order valence-electron chi connectivity index (χ3n) is 5.08. The Morgan fingerprint density at radius 1 is 1.16 bits per heavy atom. The topological polar surface area (TPSA) is 114 Å². The number of ether oxygens (including phenoxy) is 1. The molecule has 1 aliphatic rings. The van der Waals surface area contributed by atoms with Crippen molar-refractivity contribution >= 4 is 39.1 Å². The predicted molar refractivity (Wildman–Crippen MR) is 126 cm³/mol. The van der Waals surface area contributed by atoms with E-state index in [-0.39, 0.29) is 23.1 Å². The second-order valence-electron chi connectivity index (χ2n) is 7.66. The third kappa shape index (κ3) is 5.43. The molecule has 0 bridgehead atoms. The normalized spacial score (nSPS) is 18.7. The fraction of sp³-hybridized carbons (Fsp3) is 0.364. The average Bonchev–Trinajstić information content (AvgIpc) is 2.72. The van der Waals surface area contributed by atoms with Gasteiger partial charge in [-0.1, -0.05) is 23.8 Å². The molecule has 1 aliphatic heterocycles. The molecule has 3 N–H and O–H groups in total.